The third-order valence-electron chi connectivity index (χ3n) is 8.38. The van der Waals surface area contributed by atoms with Crippen LogP contribution in [0.4, 0.5) is 0 Å². The minimum atomic E-state index is -1.24. The highest BCUT2D eigenvalue weighted by Crippen LogP contribution is 2.56. The molecule has 4 heterocycles. The van der Waals surface area contributed by atoms with Crippen LogP contribution in [0.15, 0.2) is 48.5 Å². The molecular weight excluding hydrogens is 444 g/mol. The summed E-state index contributed by atoms with van der Waals surface area (Å²) in [5.41, 5.74) is 10.1. The van der Waals surface area contributed by atoms with Crippen molar-refractivity contribution < 1.29 is 19.1 Å². The van der Waals surface area contributed by atoms with Crippen molar-refractivity contribution in [2.45, 2.75) is 30.5 Å². The van der Waals surface area contributed by atoms with E-state index in [0.717, 1.165) is 43.6 Å². The van der Waals surface area contributed by atoms with Crippen molar-refractivity contribution in [2.75, 3.05) is 7.11 Å². The van der Waals surface area contributed by atoms with Gasteiger partial charge in [0.25, 0.3) is 11.8 Å². The number of hydrogen-bond donors (Lipinski definition) is 2. The van der Waals surface area contributed by atoms with Gasteiger partial charge in [0.05, 0.1) is 35.3 Å². The van der Waals surface area contributed by atoms with E-state index in [1.54, 1.807) is 0 Å². The predicted molar refractivity (Wildman–Crippen MR) is 130 cm³/mol. The van der Waals surface area contributed by atoms with E-state index in [1.165, 1.54) is 7.11 Å². The maximum absolute atomic E-state index is 13.2. The molecule has 8 rings (SSSR count). The van der Waals surface area contributed by atoms with Gasteiger partial charge in [-0.05, 0) is 25.0 Å². The topological polar surface area (TPSA) is 108 Å². The van der Waals surface area contributed by atoms with Gasteiger partial charge in [-0.1, -0.05) is 36.4 Å². The molecule has 8 nitrogen and oxygen atoms in total. The molecule has 2 bridgehead atoms. The fraction of sp³-hybridized carbons (Fsp3) is 0.222. The molecule has 2 unspecified atom stereocenters. The Balaban J connectivity index is 1.73. The molecule has 1 fully saturated rings. The van der Waals surface area contributed by atoms with E-state index < -0.39 is 17.4 Å². The van der Waals surface area contributed by atoms with Crippen LogP contribution < -0.4 is 11.1 Å². The van der Waals surface area contributed by atoms with E-state index in [9.17, 15) is 14.4 Å². The van der Waals surface area contributed by atoms with Gasteiger partial charge in [-0.15, -0.1) is 0 Å². The number of methoxy groups -OCH3 is 1. The van der Waals surface area contributed by atoms with Gasteiger partial charge in [-0.3, -0.25) is 14.9 Å². The minimum Gasteiger partial charge on any atom is -0.468 e. The summed E-state index contributed by atoms with van der Waals surface area (Å²) in [6.45, 7) is 0. The second-order valence-electron chi connectivity index (χ2n) is 9.90. The summed E-state index contributed by atoms with van der Waals surface area (Å²) in [5.74, 6) is -1.21. The number of amides is 2. The van der Waals surface area contributed by atoms with Crippen molar-refractivity contribution in [2.24, 2.45) is 5.73 Å². The zero-order valence-electron chi connectivity index (χ0n) is 18.8. The third-order valence-corrected chi connectivity index (χ3v) is 8.38. The molecule has 0 radical (unpaired) electrons. The number of esters is 1. The first-order chi connectivity index (χ1) is 17.0. The number of nitrogens with one attached hydrogen (secondary N) is 1. The molecule has 5 aromatic rings. The molecule has 172 valence electrons. The number of para-hydroxylation sites is 2. The molecule has 0 saturated heterocycles. The maximum Gasteiger partial charge on any atom is 0.328 e. The van der Waals surface area contributed by atoms with E-state index in [4.69, 9.17) is 10.5 Å². The van der Waals surface area contributed by atoms with Crippen LogP contribution in [-0.2, 0) is 9.53 Å². The van der Waals surface area contributed by atoms with Crippen molar-refractivity contribution >= 4 is 61.4 Å². The van der Waals surface area contributed by atoms with E-state index in [-0.39, 0.29) is 18.0 Å². The Morgan fingerprint density at radius 2 is 1.49 bits per heavy atom. The molecule has 2 amide bonds. The first-order valence-electron chi connectivity index (χ1n) is 11.7. The average Bonchev–Trinajstić information content (AvgIpc) is 3.53. The third kappa shape index (κ3) is 1.95. The van der Waals surface area contributed by atoms with Crippen molar-refractivity contribution in [1.29, 1.82) is 0 Å². The molecule has 1 saturated carbocycles. The highest BCUT2D eigenvalue weighted by atomic mass is 16.5. The SMILES string of the molecule is COC(=O)[C@]1(N)CC2CC1n1c3ccccc3c3c4c(c5c6ccccc6n2c5c31)C(=O)NC4=O. The van der Waals surface area contributed by atoms with Gasteiger partial charge in [0.2, 0.25) is 0 Å². The van der Waals surface area contributed by atoms with Gasteiger partial charge in [0, 0.05) is 38.6 Å². The van der Waals surface area contributed by atoms with Gasteiger partial charge in [0.1, 0.15) is 5.54 Å². The van der Waals surface area contributed by atoms with Crippen LogP contribution in [0.1, 0.15) is 45.6 Å². The number of benzene rings is 3. The quantitative estimate of drug-likeness (QED) is 0.291. The summed E-state index contributed by atoms with van der Waals surface area (Å²) < 4.78 is 9.60. The molecular formula is C27H20N4O4. The van der Waals surface area contributed by atoms with Gasteiger partial charge in [-0.25, -0.2) is 4.79 Å². The van der Waals surface area contributed by atoms with Crippen LogP contribution in [0.3, 0.4) is 0 Å². The van der Waals surface area contributed by atoms with Crippen LogP contribution in [0, 0.1) is 0 Å². The molecule has 3 aromatic carbocycles. The van der Waals surface area contributed by atoms with E-state index in [1.807, 2.05) is 48.5 Å². The zero-order chi connectivity index (χ0) is 23.8. The average molecular weight is 464 g/mol. The highest BCUT2D eigenvalue weighted by Gasteiger charge is 2.55. The number of imide groups is 1. The second-order valence-corrected chi connectivity index (χ2v) is 9.90. The number of nitrogens with two attached hydrogens (primary N) is 1. The van der Waals surface area contributed by atoms with Crippen LogP contribution >= 0.6 is 0 Å². The highest BCUT2D eigenvalue weighted by molar-refractivity contribution is 6.39. The standard InChI is InChI=1S/C27H20N4O4/c1-35-26(34)27(28)11-12-10-17(27)31-16-9-5-3-7-14(16)19-21-20(24(32)29-25(21)33)18-13-6-2-4-8-15(13)30(12)22(18)23(19)31/h2-9,12,17H,10-11,28H2,1H3,(H,29,32,33)/t12?,17?,27-/m0/s1. The van der Waals surface area contributed by atoms with Crippen molar-refractivity contribution in [3.05, 3.63) is 59.7 Å². The lowest BCUT2D eigenvalue weighted by Crippen LogP contribution is -2.52. The zero-order valence-corrected chi connectivity index (χ0v) is 18.8. The number of aromatic nitrogens is 2. The summed E-state index contributed by atoms with van der Waals surface area (Å²) in [6, 6.07) is 15.3. The lowest BCUT2D eigenvalue weighted by molar-refractivity contribution is -0.148. The summed E-state index contributed by atoms with van der Waals surface area (Å²) in [4.78, 5) is 39.6. The Kier molecular flexibility index (Phi) is 3.23. The van der Waals surface area contributed by atoms with E-state index >= 15 is 0 Å². The molecule has 3 N–H and O–H groups in total. The lowest BCUT2D eigenvalue weighted by atomic mass is 9.93. The van der Waals surface area contributed by atoms with Gasteiger partial charge < -0.3 is 19.6 Å². The Morgan fingerprint density at radius 1 is 0.943 bits per heavy atom. The van der Waals surface area contributed by atoms with Crippen LogP contribution in [0.25, 0.3) is 43.6 Å². The number of rotatable bonds is 1. The predicted octanol–water partition coefficient (Wildman–Crippen LogP) is 3.55. The number of nitrogens with zero attached hydrogens (tertiary/aromatic N) is 2. The Hall–Kier alpha value is -4.17. The maximum atomic E-state index is 13.2. The number of hydrogen-bond acceptors (Lipinski definition) is 5. The summed E-state index contributed by atoms with van der Waals surface area (Å²) in [6.07, 6.45) is 1.04. The molecule has 2 aliphatic heterocycles. The second kappa shape index (κ2) is 5.90. The summed E-state index contributed by atoms with van der Waals surface area (Å²) in [7, 11) is 1.37. The minimum absolute atomic E-state index is 0.0772. The molecule has 1 aliphatic carbocycles. The molecule has 35 heavy (non-hydrogen) atoms. The number of carbonyl (C=O) groups excluding carboxylic acids is 3. The molecule has 2 aromatic heterocycles. The van der Waals surface area contributed by atoms with Gasteiger partial charge in [0.15, 0.2) is 0 Å². The molecule has 3 aliphatic rings. The fourth-order valence-corrected chi connectivity index (χ4v) is 7.15. The van der Waals surface area contributed by atoms with Crippen LogP contribution in [-0.4, -0.2) is 39.6 Å². The summed E-state index contributed by atoms with van der Waals surface area (Å²) in [5, 5.41) is 5.82. The number of ether oxygens (including phenoxy) is 1. The molecule has 3 atom stereocenters. The first-order valence-corrected chi connectivity index (χ1v) is 11.7. The Labute approximate surface area is 198 Å². The van der Waals surface area contributed by atoms with Crippen molar-refractivity contribution in [3.8, 4) is 0 Å². The van der Waals surface area contributed by atoms with Gasteiger partial charge >= 0.3 is 5.97 Å². The number of fused-ring (bicyclic) bond motifs is 13. The summed E-state index contributed by atoms with van der Waals surface area (Å²) >= 11 is 0. The van der Waals surface area contributed by atoms with Crippen molar-refractivity contribution in [1.82, 2.24) is 14.5 Å². The van der Waals surface area contributed by atoms with E-state index in [0.29, 0.717) is 24.0 Å². The normalized spacial score (nSPS) is 24.6. The van der Waals surface area contributed by atoms with Crippen LogP contribution in [0.2, 0.25) is 0 Å². The lowest BCUT2D eigenvalue weighted by Gasteiger charge is -2.31. The van der Waals surface area contributed by atoms with E-state index in [2.05, 4.69) is 14.5 Å². The first kappa shape index (κ1) is 19.2. The van der Waals surface area contributed by atoms with Gasteiger partial charge in [-0.2, -0.15) is 0 Å². The Morgan fingerprint density at radius 3 is 2.09 bits per heavy atom. The monoisotopic (exact) mass is 464 g/mol. The molecule has 0 spiro atoms. The number of carbonyl (C=O) groups is 3. The Bertz CT molecular complexity index is 1860. The fourth-order valence-electron chi connectivity index (χ4n) is 7.15. The smallest absolute Gasteiger partial charge is 0.328 e. The van der Waals surface area contributed by atoms with Crippen molar-refractivity contribution in [3.63, 3.8) is 0 Å². The van der Waals surface area contributed by atoms with Crippen LogP contribution in [0.5, 0.6) is 0 Å². The molecule has 8 heteroatoms. The largest absolute Gasteiger partial charge is 0.468 e.